The van der Waals surface area contributed by atoms with Gasteiger partial charge in [-0.05, 0) is 86.1 Å². The molecule has 1 atom stereocenters. The second-order valence-corrected chi connectivity index (χ2v) is 9.48. The second-order valence-electron chi connectivity index (χ2n) is 8.44. The molecular weight excluding hydrogens is 470 g/mol. The third-order valence-electron chi connectivity index (χ3n) is 5.78. The minimum absolute atomic E-state index is 0.0674. The molecule has 1 aliphatic rings. The van der Waals surface area contributed by atoms with Gasteiger partial charge in [-0.2, -0.15) is 4.98 Å². The minimum Gasteiger partial charge on any atom is -0.473 e. The number of nitrogens with two attached hydrogens (primary N) is 1. The van der Waals surface area contributed by atoms with E-state index < -0.39 is 0 Å². The van der Waals surface area contributed by atoms with Crippen molar-refractivity contribution in [2.24, 2.45) is 5.14 Å². The number of nitrogens with zero attached hydrogens (tertiary/aromatic N) is 3. The van der Waals surface area contributed by atoms with Crippen LogP contribution in [0.3, 0.4) is 0 Å². The van der Waals surface area contributed by atoms with E-state index in [1.165, 1.54) is 0 Å². The largest absolute Gasteiger partial charge is 0.473 e. The lowest BCUT2D eigenvalue weighted by Crippen LogP contribution is -2.44. The molecule has 3 aromatic rings. The van der Waals surface area contributed by atoms with Crippen LogP contribution in [0.25, 0.3) is 11.3 Å². The van der Waals surface area contributed by atoms with Gasteiger partial charge in [-0.15, -0.1) is 0 Å². The van der Waals surface area contributed by atoms with Crippen molar-refractivity contribution in [1.29, 1.82) is 0 Å². The molecule has 2 aromatic carbocycles. The lowest BCUT2D eigenvalue weighted by Gasteiger charge is -2.32. The molecule has 34 heavy (non-hydrogen) atoms. The number of rotatable bonds is 7. The SMILES string of the molecule is Cc1cccc(C)c1-c1cc(OC2CCCN(CC(=O)Nc3cccc(SN)c3)C2)nc(Cl)n1. The Kier molecular flexibility index (Phi) is 8.05. The molecule has 1 saturated heterocycles. The van der Waals surface area contributed by atoms with Crippen molar-refractivity contribution >= 4 is 35.1 Å². The van der Waals surface area contributed by atoms with E-state index in [9.17, 15) is 4.79 Å². The summed E-state index contributed by atoms with van der Waals surface area (Å²) in [4.78, 5) is 24.3. The summed E-state index contributed by atoms with van der Waals surface area (Å²) in [6.45, 7) is 5.86. The molecule has 2 heterocycles. The molecule has 1 aromatic heterocycles. The molecule has 178 valence electrons. The van der Waals surface area contributed by atoms with Crippen molar-refractivity contribution < 1.29 is 9.53 Å². The van der Waals surface area contributed by atoms with Crippen LogP contribution in [0.15, 0.2) is 53.4 Å². The van der Waals surface area contributed by atoms with Crippen molar-refractivity contribution in [3.05, 3.63) is 64.9 Å². The number of benzene rings is 2. The molecule has 1 amide bonds. The van der Waals surface area contributed by atoms with Gasteiger partial charge in [0.25, 0.3) is 0 Å². The van der Waals surface area contributed by atoms with Gasteiger partial charge >= 0.3 is 0 Å². The highest BCUT2D eigenvalue weighted by Gasteiger charge is 2.24. The summed E-state index contributed by atoms with van der Waals surface area (Å²) in [5.74, 6) is 0.382. The summed E-state index contributed by atoms with van der Waals surface area (Å²) < 4.78 is 6.21. The molecule has 1 unspecified atom stereocenters. The molecule has 0 bridgehead atoms. The summed E-state index contributed by atoms with van der Waals surface area (Å²) >= 11 is 7.39. The van der Waals surface area contributed by atoms with Gasteiger partial charge < -0.3 is 10.1 Å². The third-order valence-corrected chi connectivity index (χ3v) is 6.48. The lowest BCUT2D eigenvalue weighted by atomic mass is 10.00. The van der Waals surface area contributed by atoms with Gasteiger partial charge in [-0.1, -0.05) is 24.3 Å². The first kappa shape index (κ1) is 24.5. The van der Waals surface area contributed by atoms with Crippen LogP contribution < -0.4 is 15.2 Å². The average molecular weight is 498 g/mol. The van der Waals surface area contributed by atoms with Crippen LogP contribution in [0.2, 0.25) is 5.28 Å². The van der Waals surface area contributed by atoms with Crippen LogP contribution in [0.4, 0.5) is 5.69 Å². The molecule has 1 aliphatic heterocycles. The standard InChI is InChI=1S/C25H28ClN5O2S/c1-16-6-3-7-17(2)24(16)21-13-23(30-25(26)29-21)33-19-9-5-11-31(14-19)15-22(32)28-18-8-4-10-20(12-18)34-27/h3-4,6-8,10,12-13,19H,5,9,11,14-15,27H2,1-2H3,(H,28,32). The van der Waals surface area contributed by atoms with E-state index in [1.807, 2.05) is 62.4 Å². The van der Waals surface area contributed by atoms with Crippen LogP contribution in [0.5, 0.6) is 5.88 Å². The summed E-state index contributed by atoms with van der Waals surface area (Å²) in [5, 5.41) is 8.70. The van der Waals surface area contributed by atoms with E-state index in [0.29, 0.717) is 12.4 Å². The molecule has 0 saturated carbocycles. The lowest BCUT2D eigenvalue weighted by molar-refractivity contribution is -0.117. The highest BCUT2D eigenvalue weighted by molar-refractivity contribution is 7.97. The predicted octanol–water partition coefficient (Wildman–Crippen LogP) is 4.86. The monoisotopic (exact) mass is 497 g/mol. The Labute approximate surface area is 209 Å². The highest BCUT2D eigenvalue weighted by Crippen LogP contribution is 2.29. The molecule has 0 spiro atoms. The summed E-state index contributed by atoms with van der Waals surface area (Å²) in [6, 6.07) is 15.4. The quantitative estimate of drug-likeness (QED) is 0.355. The number of aromatic nitrogens is 2. The fourth-order valence-electron chi connectivity index (χ4n) is 4.28. The Balaban J connectivity index is 1.40. The molecule has 1 fully saturated rings. The van der Waals surface area contributed by atoms with Crippen LogP contribution in [0, 0.1) is 13.8 Å². The summed E-state index contributed by atoms with van der Waals surface area (Å²) in [6.07, 6.45) is 1.73. The van der Waals surface area contributed by atoms with Gasteiger partial charge in [-0.3, -0.25) is 14.8 Å². The van der Waals surface area contributed by atoms with Crippen LogP contribution >= 0.6 is 23.5 Å². The number of hydrogen-bond acceptors (Lipinski definition) is 7. The van der Waals surface area contributed by atoms with Crippen LogP contribution in [-0.2, 0) is 4.79 Å². The maximum Gasteiger partial charge on any atom is 0.238 e. The highest BCUT2D eigenvalue weighted by atomic mass is 35.5. The molecule has 7 nitrogen and oxygen atoms in total. The van der Waals surface area contributed by atoms with E-state index in [0.717, 1.165) is 64.3 Å². The first-order valence-corrected chi connectivity index (χ1v) is 12.4. The number of carbonyl (C=O) groups excluding carboxylic acids is 1. The smallest absolute Gasteiger partial charge is 0.238 e. The summed E-state index contributed by atoms with van der Waals surface area (Å²) in [7, 11) is 0. The van der Waals surface area contributed by atoms with Gasteiger partial charge in [0, 0.05) is 28.8 Å². The first-order chi connectivity index (χ1) is 16.4. The van der Waals surface area contributed by atoms with Gasteiger partial charge in [0.05, 0.1) is 12.2 Å². The number of piperidine rings is 1. The average Bonchev–Trinajstić information content (AvgIpc) is 2.79. The second kappa shape index (κ2) is 11.2. The molecule has 4 rings (SSSR count). The Morgan fingerprint density at radius 2 is 1.97 bits per heavy atom. The molecule has 0 radical (unpaired) electrons. The topological polar surface area (TPSA) is 93.4 Å². The van der Waals surface area contributed by atoms with Crippen molar-refractivity contribution in [2.75, 3.05) is 25.0 Å². The van der Waals surface area contributed by atoms with Crippen molar-refractivity contribution in [3.8, 4) is 17.1 Å². The number of likely N-dealkylation sites (tertiary alicyclic amines) is 1. The number of nitrogens with one attached hydrogen (secondary N) is 1. The predicted molar refractivity (Wildman–Crippen MR) is 137 cm³/mol. The number of amides is 1. The molecule has 9 heteroatoms. The normalized spacial score (nSPS) is 16.3. The van der Waals surface area contributed by atoms with Gasteiger partial charge in [0.2, 0.25) is 17.1 Å². The Bertz CT molecular complexity index is 1160. The van der Waals surface area contributed by atoms with Crippen LogP contribution in [-0.4, -0.2) is 46.5 Å². The fraction of sp³-hybridized carbons (Fsp3) is 0.320. The number of hydrogen-bond donors (Lipinski definition) is 2. The zero-order valence-electron chi connectivity index (χ0n) is 19.3. The molecular formula is C25H28ClN5O2S. The minimum atomic E-state index is -0.0877. The van der Waals surface area contributed by atoms with Crippen molar-refractivity contribution in [1.82, 2.24) is 14.9 Å². The number of carbonyl (C=O) groups is 1. The summed E-state index contributed by atoms with van der Waals surface area (Å²) in [5.41, 5.74) is 4.75. The number of halogens is 1. The van der Waals surface area contributed by atoms with Gasteiger partial charge in [-0.25, -0.2) is 4.98 Å². The molecule has 0 aliphatic carbocycles. The first-order valence-electron chi connectivity index (χ1n) is 11.2. The van der Waals surface area contributed by atoms with E-state index in [-0.39, 0.29) is 23.8 Å². The third kappa shape index (κ3) is 6.27. The van der Waals surface area contributed by atoms with E-state index in [2.05, 4.69) is 20.2 Å². The number of aryl methyl sites for hydroxylation is 2. The zero-order chi connectivity index (χ0) is 24.1. The maximum atomic E-state index is 12.6. The molecule has 3 N–H and O–H groups in total. The van der Waals surface area contributed by atoms with E-state index in [4.69, 9.17) is 21.5 Å². The number of ether oxygens (including phenoxy) is 1. The van der Waals surface area contributed by atoms with Gasteiger partial charge in [0.1, 0.15) is 6.10 Å². The van der Waals surface area contributed by atoms with Crippen molar-refractivity contribution in [3.63, 3.8) is 0 Å². The van der Waals surface area contributed by atoms with Crippen LogP contribution in [0.1, 0.15) is 24.0 Å². The maximum absolute atomic E-state index is 12.6. The Morgan fingerprint density at radius 1 is 1.21 bits per heavy atom. The zero-order valence-corrected chi connectivity index (χ0v) is 20.8. The Hall–Kier alpha value is -2.65. The van der Waals surface area contributed by atoms with E-state index in [1.54, 1.807) is 0 Å². The van der Waals surface area contributed by atoms with Crippen molar-refractivity contribution in [2.45, 2.75) is 37.7 Å². The van der Waals surface area contributed by atoms with E-state index >= 15 is 0 Å². The number of anilines is 1. The fourth-order valence-corrected chi connectivity index (χ4v) is 4.80. The van der Waals surface area contributed by atoms with Gasteiger partial charge in [0.15, 0.2) is 0 Å². The Morgan fingerprint density at radius 3 is 2.74 bits per heavy atom.